The van der Waals surface area contributed by atoms with Crippen molar-refractivity contribution in [1.29, 1.82) is 0 Å². The number of ketones is 1. The molecule has 3 aromatic carbocycles. The maximum Gasteiger partial charge on any atom is 0.248 e. The van der Waals surface area contributed by atoms with Crippen LogP contribution < -0.4 is 4.31 Å². The van der Waals surface area contributed by atoms with Gasteiger partial charge in [-0.3, -0.25) is 9.10 Å². The monoisotopic (exact) mass is 377 g/mol. The summed E-state index contributed by atoms with van der Waals surface area (Å²) in [4.78, 5) is 13.1. The van der Waals surface area contributed by atoms with Crippen LogP contribution in [0.3, 0.4) is 0 Å². The summed E-state index contributed by atoms with van der Waals surface area (Å²) in [6.07, 6.45) is 0. The van der Waals surface area contributed by atoms with Crippen LogP contribution >= 0.6 is 0 Å². The largest absolute Gasteiger partial charge is 0.293 e. The second-order valence-corrected chi connectivity index (χ2v) is 8.61. The Balaban J connectivity index is 1.81. The van der Waals surface area contributed by atoms with Crippen molar-refractivity contribution in [3.8, 4) is 0 Å². The summed E-state index contributed by atoms with van der Waals surface area (Å²) >= 11 is 0. The summed E-state index contributed by atoms with van der Waals surface area (Å²) in [5.74, 6) is -0.368. The second kappa shape index (κ2) is 6.67. The fourth-order valence-electron chi connectivity index (χ4n) is 3.51. The number of rotatable bonds is 4. The first-order valence-electron chi connectivity index (χ1n) is 8.74. The van der Waals surface area contributed by atoms with Gasteiger partial charge in [-0.2, -0.15) is 0 Å². The first-order chi connectivity index (χ1) is 13.0. The molecule has 0 amide bonds. The highest BCUT2D eigenvalue weighted by atomic mass is 32.2. The third-order valence-corrected chi connectivity index (χ3v) is 6.98. The SMILES string of the molecule is Cc1ccc(N2C(c3ccccc3)C(C(=O)c3ccccc3)S2(=O)=O)cc1. The Morgan fingerprint density at radius 1 is 0.815 bits per heavy atom. The Hall–Kier alpha value is -2.92. The third kappa shape index (κ3) is 2.94. The van der Waals surface area contributed by atoms with Gasteiger partial charge in [0, 0.05) is 5.56 Å². The zero-order chi connectivity index (χ0) is 19.0. The molecule has 0 aromatic heterocycles. The minimum Gasteiger partial charge on any atom is -0.293 e. The van der Waals surface area contributed by atoms with Gasteiger partial charge in [-0.1, -0.05) is 78.4 Å². The Labute approximate surface area is 159 Å². The van der Waals surface area contributed by atoms with Crippen LogP contribution in [0.25, 0.3) is 0 Å². The fraction of sp³-hybridized carbons (Fsp3) is 0.136. The van der Waals surface area contributed by atoms with E-state index in [0.717, 1.165) is 11.1 Å². The van der Waals surface area contributed by atoms with Gasteiger partial charge < -0.3 is 0 Å². The Kier molecular flexibility index (Phi) is 4.32. The van der Waals surface area contributed by atoms with Crippen molar-refractivity contribution in [2.24, 2.45) is 0 Å². The van der Waals surface area contributed by atoms with E-state index in [4.69, 9.17) is 0 Å². The lowest BCUT2D eigenvalue weighted by molar-refractivity contribution is 0.0971. The molecule has 2 atom stereocenters. The van der Waals surface area contributed by atoms with Crippen molar-refractivity contribution in [1.82, 2.24) is 0 Å². The average molecular weight is 377 g/mol. The lowest BCUT2D eigenvalue weighted by Gasteiger charge is -2.47. The predicted molar refractivity (Wildman–Crippen MR) is 106 cm³/mol. The highest BCUT2D eigenvalue weighted by molar-refractivity contribution is 7.95. The molecule has 5 heteroatoms. The van der Waals surface area contributed by atoms with Crippen LogP contribution in [0.2, 0.25) is 0 Å². The van der Waals surface area contributed by atoms with Gasteiger partial charge in [-0.15, -0.1) is 0 Å². The minimum absolute atomic E-state index is 0.368. The number of sulfonamides is 1. The van der Waals surface area contributed by atoms with Gasteiger partial charge in [-0.25, -0.2) is 8.42 Å². The summed E-state index contributed by atoms with van der Waals surface area (Å²) in [6, 6.07) is 24.7. The van der Waals surface area contributed by atoms with Crippen LogP contribution in [0.15, 0.2) is 84.9 Å². The number of Topliss-reactive ketones (excluding diaryl/α,β-unsaturated/α-hetero) is 1. The van der Waals surface area contributed by atoms with Crippen molar-refractivity contribution in [2.75, 3.05) is 4.31 Å². The molecule has 0 N–H and O–H groups in total. The minimum atomic E-state index is -3.79. The molecule has 1 aliphatic rings. The molecule has 0 saturated carbocycles. The first kappa shape index (κ1) is 17.5. The molecule has 4 nitrogen and oxygen atoms in total. The Bertz CT molecular complexity index is 1060. The molecule has 1 fully saturated rings. The third-order valence-electron chi connectivity index (χ3n) is 4.88. The molecule has 1 aliphatic heterocycles. The summed E-state index contributed by atoms with van der Waals surface area (Å²) in [6.45, 7) is 1.95. The normalized spacial score (nSPS) is 20.7. The van der Waals surface area contributed by atoms with Crippen molar-refractivity contribution in [3.05, 3.63) is 102 Å². The molecule has 1 saturated heterocycles. The average Bonchev–Trinajstić information content (AvgIpc) is 2.69. The van der Waals surface area contributed by atoms with Crippen LogP contribution in [0.5, 0.6) is 0 Å². The van der Waals surface area contributed by atoms with Crippen LogP contribution in [0.4, 0.5) is 5.69 Å². The van der Waals surface area contributed by atoms with Crippen LogP contribution in [0.1, 0.15) is 27.5 Å². The highest BCUT2D eigenvalue weighted by Crippen LogP contribution is 2.46. The van der Waals surface area contributed by atoms with E-state index >= 15 is 0 Å². The molecule has 0 aliphatic carbocycles. The van der Waals surface area contributed by atoms with Gasteiger partial charge in [0.15, 0.2) is 11.0 Å². The van der Waals surface area contributed by atoms with Crippen LogP contribution in [0, 0.1) is 6.92 Å². The zero-order valence-corrected chi connectivity index (χ0v) is 15.6. The van der Waals surface area contributed by atoms with Crippen molar-refractivity contribution in [2.45, 2.75) is 18.2 Å². The lowest BCUT2D eigenvalue weighted by atomic mass is 9.96. The van der Waals surface area contributed by atoms with Gasteiger partial charge in [-0.05, 0) is 24.6 Å². The number of carbonyl (C=O) groups excluding carboxylic acids is 1. The number of hydrogen-bond donors (Lipinski definition) is 0. The molecule has 1 heterocycles. The van der Waals surface area contributed by atoms with Gasteiger partial charge >= 0.3 is 0 Å². The maximum atomic E-state index is 13.1. The number of hydrogen-bond acceptors (Lipinski definition) is 3. The quantitative estimate of drug-likeness (QED) is 0.642. The van der Waals surface area contributed by atoms with E-state index in [-0.39, 0.29) is 5.78 Å². The van der Waals surface area contributed by atoms with Crippen molar-refractivity contribution < 1.29 is 13.2 Å². The standard InChI is InChI=1S/C22H19NO3S/c1-16-12-14-19(15-13-16)23-20(17-8-4-2-5-9-17)22(27(23,25)26)21(24)18-10-6-3-7-11-18/h2-15,20,22H,1H3. The molecule has 4 rings (SSSR count). The van der Waals surface area contributed by atoms with Gasteiger partial charge in [0.1, 0.15) is 0 Å². The van der Waals surface area contributed by atoms with E-state index in [0.29, 0.717) is 11.3 Å². The number of anilines is 1. The van der Waals surface area contributed by atoms with Crippen molar-refractivity contribution >= 4 is 21.5 Å². The van der Waals surface area contributed by atoms with E-state index in [9.17, 15) is 13.2 Å². The first-order valence-corrected chi connectivity index (χ1v) is 10.2. The molecule has 27 heavy (non-hydrogen) atoms. The summed E-state index contributed by atoms with van der Waals surface area (Å²) in [5.41, 5.74) is 2.84. The Morgan fingerprint density at radius 3 is 1.96 bits per heavy atom. The number of aryl methyl sites for hydroxylation is 1. The van der Waals surface area contributed by atoms with Crippen molar-refractivity contribution in [3.63, 3.8) is 0 Å². The topological polar surface area (TPSA) is 54.5 Å². The molecule has 136 valence electrons. The number of nitrogens with zero attached hydrogens (tertiary/aromatic N) is 1. The molecule has 3 aromatic rings. The molecule has 0 radical (unpaired) electrons. The molecular weight excluding hydrogens is 358 g/mol. The molecule has 2 unspecified atom stereocenters. The van der Waals surface area contributed by atoms with Gasteiger partial charge in [0.2, 0.25) is 10.0 Å². The molecule has 0 spiro atoms. The lowest BCUT2D eigenvalue weighted by Crippen LogP contribution is -2.61. The van der Waals surface area contributed by atoms with Gasteiger partial charge in [0.05, 0.1) is 11.7 Å². The number of carbonyl (C=O) groups is 1. The van der Waals surface area contributed by atoms with E-state index in [1.807, 2.05) is 49.4 Å². The van der Waals surface area contributed by atoms with E-state index in [1.165, 1.54) is 4.31 Å². The Morgan fingerprint density at radius 2 is 1.37 bits per heavy atom. The predicted octanol–water partition coefficient (Wildman–Crippen LogP) is 4.14. The summed E-state index contributed by atoms with van der Waals surface area (Å²) in [5, 5.41) is -1.12. The van der Waals surface area contributed by atoms with Crippen LogP contribution in [-0.2, 0) is 10.0 Å². The summed E-state index contributed by atoms with van der Waals surface area (Å²) < 4.78 is 27.6. The highest BCUT2D eigenvalue weighted by Gasteiger charge is 2.58. The maximum absolute atomic E-state index is 13.1. The molecular formula is C22H19NO3S. The zero-order valence-electron chi connectivity index (χ0n) is 14.8. The fourth-order valence-corrected chi connectivity index (χ4v) is 5.55. The van der Waals surface area contributed by atoms with E-state index in [2.05, 4.69) is 0 Å². The van der Waals surface area contributed by atoms with E-state index in [1.54, 1.807) is 42.5 Å². The van der Waals surface area contributed by atoms with Crippen LogP contribution in [-0.4, -0.2) is 19.5 Å². The number of benzene rings is 3. The van der Waals surface area contributed by atoms with Gasteiger partial charge in [0.25, 0.3) is 0 Å². The molecule has 0 bridgehead atoms. The second-order valence-electron chi connectivity index (χ2n) is 6.68. The summed E-state index contributed by atoms with van der Waals surface area (Å²) in [7, 11) is -3.79. The van der Waals surface area contributed by atoms with E-state index < -0.39 is 21.3 Å². The smallest absolute Gasteiger partial charge is 0.248 e.